The lowest BCUT2D eigenvalue weighted by molar-refractivity contribution is -0.131. The minimum absolute atomic E-state index is 0.0497. The number of benzene rings is 2. The highest BCUT2D eigenvalue weighted by Crippen LogP contribution is 2.24. The maximum atomic E-state index is 11.8. The summed E-state index contributed by atoms with van der Waals surface area (Å²) in [6.07, 6.45) is 0. The van der Waals surface area contributed by atoms with Crippen molar-refractivity contribution in [3.63, 3.8) is 0 Å². The molecule has 28 heavy (non-hydrogen) atoms. The quantitative estimate of drug-likeness (QED) is 0.715. The highest BCUT2D eigenvalue weighted by Gasteiger charge is 2.13. The van der Waals surface area contributed by atoms with E-state index in [9.17, 15) is 9.59 Å². The van der Waals surface area contributed by atoms with Crippen molar-refractivity contribution in [1.29, 1.82) is 0 Å². The predicted molar refractivity (Wildman–Crippen MR) is 105 cm³/mol. The van der Waals surface area contributed by atoms with Crippen LogP contribution in [0.2, 0.25) is 0 Å². The zero-order valence-electron chi connectivity index (χ0n) is 16.6. The Morgan fingerprint density at radius 2 is 1.14 bits per heavy atom. The van der Waals surface area contributed by atoms with Crippen molar-refractivity contribution in [2.45, 2.75) is 26.2 Å². The van der Waals surface area contributed by atoms with Crippen molar-refractivity contribution in [3.8, 4) is 17.2 Å². The molecule has 0 saturated heterocycles. The smallest absolute Gasteiger partial charge is 0.276 e. The number of carbonyl (C=O) groups is 2. The molecule has 0 radical (unpaired) electrons. The maximum Gasteiger partial charge on any atom is 0.276 e. The molecule has 0 aliphatic rings. The number of rotatable bonds is 7. The van der Waals surface area contributed by atoms with Gasteiger partial charge in [0.05, 0.1) is 7.11 Å². The van der Waals surface area contributed by atoms with Crippen molar-refractivity contribution >= 4 is 11.8 Å². The monoisotopic (exact) mass is 386 g/mol. The lowest BCUT2D eigenvalue weighted by Crippen LogP contribution is -2.45. The van der Waals surface area contributed by atoms with Crippen molar-refractivity contribution in [3.05, 3.63) is 54.1 Å². The van der Waals surface area contributed by atoms with Gasteiger partial charge < -0.3 is 14.2 Å². The summed E-state index contributed by atoms with van der Waals surface area (Å²) in [6.45, 7) is 5.92. The van der Waals surface area contributed by atoms with Crippen LogP contribution in [0.25, 0.3) is 0 Å². The van der Waals surface area contributed by atoms with Crippen LogP contribution in [-0.2, 0) is 15.0 Å². The van der Waals surface area contributed by atoms with Crippen LogP contribution in [-0.4, -0.2) is 32.1 Å². The SMILES string of the molecule is COc1ccc(OCC(=O)NNC(=O)COc2ccc(C(C)(C)C)cc2)cc1. The molecule has 2 aromatic carbocycles. The third-order valence-electron chi connectivity index (χ3n) is 3.86. The fraction of sp³-hybridized carbons (Fsp3) is 0.333. The van der Waals surface area contributed by atoms with Crippen LogP contribution in [0.4, 0.5) is 0 Å². The predicted octanol–water partition coefficient (Wildman–Crippen LogP) is 2.60. The van der Waals surface area contributed by atoms with E-state index in [0.717, 1.165) is 0 Å². The van der Waals surface area contributed by atoms with Gasteiger partial charge >= 0.3 is 0 Å². The van der Waals surface area contributed by atoms with Crippen LogP contribution in [0.3, 0.4) is 0 Å². The molecular formula is C21H26N2O5. The number of nitrogens with one attached hydrogen (secondary N) is 2. The summed E-state index contributed by atoms with van der Waals surface area (Å²) in [7, 11) is 1.57. The topological polar surface area (TPSA) is 85.9 Å². The first kappa shape index (κ1) is 21.1. The van der Waals surface area contributed by atoms with Gasteiger partial charge in [-0.1, -0.05) is 32.9 Å². The molecule has 0 fully saturated rings. The van der Waals surface area contributed by atoms with Crippen molar-refractivity contribution in [1.82, 2.24) is 10.9 Å². The Labute approximate surface area is 165 Å². The van der Waals surface area contributed by atoms with E-state index in [1.165, 1.54) is 5.56 Å². The number of methoxy groups -OCH3 is 1. The minimum Gasteiger partial charge on any atom is -0.497 e. The molecule has 7 heteroatoms. The van der Waals surface area contributed by atoms with E-state index in [1.807, 2.05) is 24.3 Å². The lowest BCUT2D eigenvalue weighted by Gasteiger charge is -2.19. The average Bonchev–Trinajstić information content (AvgIpc) is 2.69. The first-order valence-corrected chi connectivity index (χ1v) is 8.86. The zero-order chi connectivity index (χ0) is 20.6. The van der Waals surface area contributed by atoms with Crippen LogP contribution >= 0.6 is 0 Å². The average molecular weight is 386 g/mol. The second-order valence-electron chi connectivity index (χ2n) is 7.12. The van der Waals surface area contributed by atoms with Gasteiger partial charge in [-0.25, -0.2) is 0 Å². The maximum absolute atomic E-state index is 11.8. The van der Waals surface area contributed by atoms with Gasteiger partial charge in [-0.2, -0.15) is 0 Å². The highest BCUT2D eigenvalue weighted by atomic mass is 16.5. The lowest BCUT2D eigenvalue weighted by atomic mass is 9.87. The molecule has 2 rings (SSSR count). The first-order chi connectivity index (χ1) is 13.3. The Bertz CT molecular complexity index is 780. The van der Waals surface area contributed by atoms with Crippen LogP contribution in [0.15, 0.2) is 48.5 Å². The normalized spacial score (nSPS) is 10.7. The largest absolute Gasteiger partial charge is 0.497 e. The Morgan fingerprint density at radius 1 is 0.750 bits per heavy atom. The Morgan fingerprint density at radius 3 is 1.54 bits per heavy atom. The van der Waals surface area contributed by atoms with Gasteiger partial charge in [-0.3, -0.25) is 20.4 Å². The van der Waals surface area contributed by atoms with Gasteiger partial charge in [-0.15, -0.1) is 0 Å². The van der Waals surface area contributed by atoms with E-state index in [0.29, 0.717) is 17.2 Å². The van der Waals surface area contributed by atoms with E-state index in [1.54, 1.807) is 31.4 Å². The molecule has 2 N–H and O–H groups in total. The molecule has 7 nitrogen and oxygen atoms in total. The summed E-state index contributed by atoms with van der Waals surface area (Å²) in [5, 5.41) is 0. The first-order valence-electron chi connectivity index (χ1n) is 8.86. The Hall–Kier alpha value is -3.22. The summed E-state index contributed by atoms with van der Waals surface area (Å²) < 4.78 is 15.8. The molecule has 0 aromatic heterocycles. The van der Waals surface area contributed by atoms with Crippen molar-refractivity contribution in [2.75, 3.05) is 20.3 Å². The van der Waals surface area contributed by atoms with Gasteiger partial charge in [0, 0.05) is 0 Å². The van der Waals surface area contributed by atoms with Crippen LogP contribution in [0, 0.1) is 0 Å². The molecule has 0 unspecified atom stereocenters. The fourth-order valence-electron chi connectivity index (χ4n) is 2.23. The molecule has 2 amide bonds. The third kappa shape index (κ3) is 6.83. The Balaban J connectivity index is 1.67. The van der Waals surface area contributed by atoms with Gasteiger partial charge in [0.15, 0.2) is 13.2 Å². The second kappa shape index (κ2) is 9.64. The molecule has 0 heterocycles. The van der Waals surface area contributed by atoms with Gasteiger partial charge in [0.25, 0.3) is 11.8 Å². The highest BCUT2D eigenvalue weighted by molar-refractivity contribution is 5.83. The summed E-state index contributed by atoms with van der Waals surface area (Å²) in [6, 6.07) is 14.4. The number of amides is 2. The third-order valence-corrected chi connectivity index (χ3v) is 3.86. The summed E-state index contributed by atoms with van der Waals surface area (Å²) in [4.78, 5) is 23.5. The van der Waals surface area contributed by atoms with E-state index >= 15 is 0 Å². The van der Waals surface area contributed by atoms with E-state index in [4.69, 9.17) is 14.2 Å². The molecule has 0 aliphatic carbocycles. The van der Waals surface area contributed by atoms with Crippen molar-refractivity contribution in [2.24, 2.45) is 0 Å². The molecule has 0 atom stereocenters. The number of hydrogen-bond donors (Lipinski definition) is 2. The summed E-state index contributed by atoms with van der Waals surface area (Å²) >= 11 is 0. The molecule has 150 valence electrons. The summed E-state index contributed by atoms with van der Waals surface area (Å²) in [5.41, 5.74) is 5.78. The van der Waals surface area contributed by atoms with E-state index in [2.05, 4.69) is 31.6 Å². The number of carbonyl (C=O) groups excluding carboxylic acids is 2. The molecule has 0 saturated carbocycles. The molecule has 0 aliphatic heterocycles. The number of hydrogen-bond acceptors (Lipinski definition) is 5. The van der Waals surface area contributed by atoms with Crippen LogP contribution in [0.1, 0.15) is 26.3 Å². The summed E-state index contributed by atoms with van der Waals surface area (Å²) in [5.74, 6) is 0.829. The standard InChI is InChI=1S/C21H26N2O5/c1-21(2,3)15-5-7-17(8-6-15)27-13-19(24)22-23-20(25)14-28-18-11-9-16(26-4)10-12-18/h5-12H,13-14H2,1-4H3,(H,22,24)(H,23,25). The Kier molecular flexibility index (Phi) is 7.26. The van der Waals surface area contributed by atoms with Gasteiger partial charge in [0.2, 0.25) is 0 Å². The van der Waals surface area contributed by atoms with Gasteiger partial charge in [-0.05, 0) is 47.4 Å². The number of ether oxygens (including phenoxy) is 3. The van der Waals surface area contributed by atoms with Crippen molar-refractivity contribution < 1.29 is 23.8 Å². The second-order valence-corrected chi connectivity index (χ2v) is 7.12. The van der Waals surface area contributed by atoms with E-state index in [-0.39, 0.29) is 18.6 Å². The van der Waals surface area contributed by atoms with Gasteiger partial charge in [0.1, 0.15) is 17.2 Å². The molecular weight excluding hydrogens is 360 g/mol. The van der Waals surface area contributed by atoms with E-state index < -0.39 is 11.8 Å². The number of hydrazine groups is 1. The van der Waals surface area contributed by atoms with Crippen LogP contribution in [0.5, 0.6) is 17.2 Å². The molecule has 0 spiro atoms. The fourth-order valence-corrected chi connectivity index (χ4v) is 2.23. The molecule has 0 bridgehead atoms. The molecule has 2 aromatic rings. The van der Waals surface area contributed by atoms with Crippen LogP contribution < -0.4 is 25.1 Å². The zero-order valence-corrected chi connectivity index (χ0v) is 16.6. The minimum atomic E-state index is -0.487.